The maximum Gasteiger partial charge on any atom is 0.262 e. The van der Waals surface area contributed by atoms with E-state index in [0.29, 0.717) is 21.6 Å². The van der Waals surface area contributed by atoms with Gasteiger partial charge >= 0.3 is 0 Å². The maximum atomic E-state index is 13.1. The average Bonchev–Trinajstić information content (AvgIpc) is 3.21. The molecule has 26 heavy (non-hydrogen) atoms. The van der Waals surface area contributed by atoms with Crippen molar-refractivity contribution >= 4 is 28.4 Å². The van der Waals surface area contributed by atoms with Gasteiger partial charge in [0.15, 0.2) is 10.9 Å². The van der Waals surface area contributed by atoms with E-state index < -0.39 is 0 Å². The van der Waals surface area contributed by atoms with Crippen LogP contribution in [0.1, 0.15) is 42.1 Å². The lowest BCUT2D eigenvalue weighted by Gasteiger charge is -2.18. The number of Topliss-reactive ketones (excluding diaryl/α,β-unsaturated/α-hetero) is 1. The van der Waals surface area contributed by atoms with E-state index in [2.05, 4.69) is 0 Å². The highest BCUT2D eigenvalue weighted by Gasteiger charge is 2.23. The van der Waals surface area contributed by atoms with Crippen LogP contribution in [0.3, 0.4) is 0 Å². The average molecular weight is 364 g/mol. The standard InChI is InChI=1S/C21H20N2O2S/c24-19(15-8-2-1-3-9-15)14-26-21-22-18-13-7-6-12-17(18)20(25)23(21)16-10-4-5-11-16/h1-3,6-9,12-13,16H,4-5,10-11,14H2. The van der Waals surface area contributed by atoms with E-state index >= 15 is 0 Å². The molecule has 1 aliphatic rings. The van der Waals surface area contributed by atoms with Crippen LogP contribution in [0.2, 0.25) is 0 Å². The minimum absolute atomic E-state index is 0.0113. The fourth-order valence-electron chi connectivity index (χ4n) is 3.55. The Labute approximate surface area is 156 Å². The van der Waals surface area contributed by atoms with Crippen LogP contribution in [-0.2, 0) is 0 Å². The number of ketones is 1. The topological polar surface area (TPSA) is 52.0 Å². The third kappa shape index (κ3) is 3.31. The lowest BCUT2D eigenvalue weighted by atomic mass is 10.2. The van der Waals surface area contributed by atoms with Gasteiger partial charge < -0.3 is 0 Å². The fourth-order valence-corrected chi connectivity index (χ4v) is 4.51. The molecular formula is C21H20N2O2S. The van der Waals surface area contributed by atoms with Crippen molar-refractivity contribution in [1.82, 2.24) is 9.55 Å². The van der Waals surface area contributed by atoms with Gasteiger partial charge in [0.05, 0.1) is 16.7 Å². The van der Waals surface area contributed by atoms with Crippen molar-refractivity contribution in [3.05, 3.63) is 70.5 Å². The molecule has 132 valence electrons. The number of hydrogen-bond acceptors (Lipinski definition) is 4. The zero-order valence-electron chi connectivity index (χ0n) is 14.4. The molecule has 5 heteroatoms. The molecule has 2 aromatic carbocycles. The van der Waals surface area contributed by atoms with E-state index in [1.165, 1.54) is 11.8 Å². The van der Waals surface area contributed by atoms with Crippen LogP contribution in [0.15, 0.2) is 64.5 Å². The summed E-state index contributed by atoms with van der Waals surface area (Å²) in [5.74, 6) is 0.331. The molecule has 0 radical (unpaired) electrons. The minimum Gasteiger partial charge on any atom is -0.293 e. The molecule has 1 aromatic heterocycles. The summed E-state index contributed by atoms with van der Waals surface area (Å²) in [4.78, 5) is 30.3. The van der Waals surface area contributed by atoms with E-state index in [4.69, 9.17) is 4.98 Å². The Morgan fingerprint density at radius 2 is 1.73 bits per heavy atom. The van der Waals surface area contributed by atoms with Crippen molar-refractivity contribution < 1.29 is 4.79 Å². The molecule has 0 spiro atoms. The molecule has 1 fully saturated rings. The van der Waals surface area contributed by atoms with Gasteiger partial charge in [-0.1, -0.05) is 67.1 Å². The Kier molecular flexibility index (Phi) is 4.89. The van der Waals surface area contributed by atoms with Crippen LogP contribution in [0, 0.1) is 0 Å². The molecule has 4 rings (SSSR count). The van der Waals surface area contributed by atoms with Gasteiger partial charge in [0.2, 0.25) is 0 Å². The molecule has 0 atom stereocenters. The Hall–Kier alpha value is -2.40. The van der Waals surface area contributed by atoms with Crippen molar-refractivity contribution in [2.45, 2.75) is 36.9 Å². The lowest BCUT2D eigenvalue weighted by molar-refractivity contribution is 0.102. The van der Waals surface area contributed by atoms with Gasteiger partial charge in [-0.2, -0.15) is 0 Å². The number of aromatic nitrogens is 2. The van der Waals surface area contributed by atoms with Crippen LogP contribution in [0.25, 0.3) is 10.9 Å². The number of carbonyl (C=O) groups excluding carboxylic acids is 1. The summed E-state index contributed by atoms with van der Waals surface area (Å²) in [6, 6.07) is 16.9. The van der Waals surface area contributed by atoms with E-state index in [1.54, 1.807) is 0 Å². The van der Waals surface area contributed by atoms with E-state index in [-0.39, 0.29) is 23.1 Å². The number of rotatable bonds is 5. The summed E-state index contributed by atoms with van der Waals surface area (Å²) >= 11 is 1.37. The predicted molar refractivity (Wildman–Crippen MR) is 105 cm³/mol. The van der Waals surface area contributed by atoms with Crippen molar-refractivity contribution in [3.8, 4) is 0 Å². The number of hydrogen-bond donors (Lipinski definition) is 0. The van der Waals surface area contributed by atoms with E-state index in [0.717, 1.165) is 25.7 Å². The highest BCUT2D eigenvalue weighted by molar-refractivity contribution is 7.99. The van der Waals surface area contributed by atoms with Gasteiger partial charge in [-0.05, 0) is 25.0 Å². The number of nitrogens with zero attached hydrogens (tertiary/aromatic N) is 2. The fraction of sp³-hybridized carbons (Fsp3) is 0.286. The number of carbonyl (C=O) groups is 1. The number of para-hydroxylation sites is 1. The SMILES string of the molecule is O=C(CSc1nc2ccccc2c(=O)n1C1CCCC1)c1ccccc1. The van der Waals surface area contributed by atoms with Gasteiger partial charge in [0.1, 0.15) is 0 Å². The summed E-state index contributed by atoms with van der Waals surface area (Å²) < 4.78 is 1.83. The zero-order valence-corrected chi connectivity index (χ0v) is 15.2. The maximum absolute atomic E-state index is 13.1. The Morgan fingerprint density at radius 3 is 2.50 bits per heavy atom. The first kappa shape index (κ1) is 17.0. The largest absolute Gasteiger partial charge is 0.293 e. The van der Waals surface area contributed by atoms with Gasteiger partial charge in [0.25, 0.3) is 5.56 Å². The lowest BCUT2D eigenvalue weighted by Crippen LogP contribution is -2.26. The molecule has 3 aromatic rings. The molecule has 0 saturated heterocycles. The smallest absolute Gasteiger partial charge is 0.262 e. The summed E-state index contributed by atoms with van der Waals surface area (Å²) in [6.45, 7) is 0. The van der Waals surface area contributed by atoms with Crippen LogP contribution >= 0.6 is 11.8 Å². The third-order valence-corrected chi connectivity index (χ3v) is 5.85. The van der Waals surface area contributed by atoms with Crippen LogP contribution < -0.4 is 5.56 Å². The molecular weight excluding hydrogens is 344 g/mol. The van der Waals surface area contributed by atoms with Crippen LogP contribution in [-0.4, -0.2) is 21.1 Å². The second-order valence-corrected chi connectivity index (χ2v) is 7.55. The van der Waals surface area contributed by atoms with Crippen molar-refractivity contribution in [2.24, 2.45) is 0 Å². The van der Waals surface area contributed by atoms with Gasteiger partial charge in [-0.15, -0.1) is 0 Å². The highest BCUT2D eigenvalue weighted by Crippen LogP contribution is 2.32. The molecule has 1 heterocycles. The summed E-state index contributed by atoms with van der Waals surface area (Å²) in [5.41, 5.74) is 1.40. The quantitative estimate of drug-likeness (QED) is 0.380. The second kappa shape index (κ2) is 7.46. The summed E-state index contributed by atoms with van der Waals surface area (Å²) in [7, 11) is 0. The number of benzene rings is 2. The van der Waals surface area contributed by atoms with Crippen LogP contribution in [0.4, 0.5) is 0 Å². The van der Waals surface area contributed by atoms with Crippen molar-refractivity contribution in [2.75, 3.05) is 5.75 Å². The Bertz CT molecular complexity index is 992. The van der Waals surface area contributed by atoms with Crippen molar-refractivity contribution in [3.63, 3.8) is 0 Å². The first-order chi connectivity index (χ1) is 12.7. The number of thioether (sulfide) groups is 1. The molecule has 4 nitrogen and oxygen atoms in total. The van der Waals surface area contributed by atoms with Crippen molar-refractivity contribution in [1.29, 1.82) is 0 Å². The van der Waals surface area contributed by atoms with Crippen LogP contribution in [0.5, 0.6) is 0 Å². The monoisotopic (exact) mass is 364 g/mol. The number of fused-ring (bicyclic) bond motifs is 1. The second-order valence-electron chi connectivity index (χ2n) is 6.60. The Balaban J connectivity index is 1.70. The molecule has 0 N–H and O–H groups in total. The Morgan fingerprint density at radius 1 is 1.04 bits per heavy atom. The van der Waals surface area contributed by atoms with Gasteiger partial charge in [-0.3, -0.25) is 14.2 Å². The first-order valence-corrected chi connectivity index (χ1v) is 9.95. The first-order valence-electron chi connectivity index (χ1n) is 8.96. The minimum atomic E-state index is 0.0113. The normalized spacial score (nSPS) is 14.8. The molecule has 1 saturated carbocycles. The van der Waals surface area contributed by atoms with Gasteiger partial charge in [-0.25, -0.2) is 4.98 Å². The van der Waals surface area contributed by atoms with E-state index in [1.807, 2.05) is 59.2 Å². The molecule has 1 aliphatic carbocycles. The highest BCUT2D eigenvalue weighted by atomic mass is 32.2. The van der Waals surface area contributed by atoms with E-state index in [9.17, 15) is 9.59 Å². The molecule has 0 unspecified atom stereocenters. The zero-order chi connectivity index (χ0) is 17.9. The molecule has 0 amide bonds. The molecule has 0 bridgehead atoms. The summed E-state index contributed by atoms with van der Waals surface area (Å²) in [6.07, 6.45) is 4.27. The summed E-state index contributed by atoms with van der Waals surface area (Å²) in [5, 5.41) is 1.31. The van der Waals surface area contributed by atoms with Gasteiger partial charge in [0, 0.05) is 11.6 Å². The molecule has 0 aliphatic heterocycles. The third-order valence-electron chi connectivity index (χ3n) is 4.89. The predicted octanol–water partition coefficient (Wildman–Crippen LogP) is 4.49.